The van der Waals surface area contributed by atoms with Crippen LogP contribution in [0.4, 0.5) is 0 Å². The van der Waals surface area contributed by atoms with Gasteiger partial charge in [-0.3, -0.25) is 0 Å². The molecule has 0 aliphatic carbocycles. The van der Waals surface area contributed by atoms with Crippen molar-refractivity contribution in [2.24, 2.45) is 0 Å². The molecule has 0 aliphatic rings. The average Bonchev–Trinajstić information content (AvgIpc) is 2.25. The Labute approximate surface area is 102 Å². The summed E-state index contributed by atoms with van der Waals surface area (Å²) in [5.74, 6) is 0. The molecular formula is C11H14Br2O. The van der Waals surface area contributed by atoms with Gasteiger partial charge in [0.25, 0.3) is 0 Å². The molecular weight excluding hydrogens is 308 g/mol. The summed E-state index contributed by atoms with van der Waals surface area (Å²) < 4.78 is 5.74. The molecule has 1 nitrogen and oxygen atoms in total. The second kappa shape index (κ2) is 7.43. The molecule has 0 unspecified atom stereocenters. The second-order valence-corrected chi connectivity index (χ2v) is 4.49. The normalized spacial score (nSPS) is 12.7. The number of hydrogen-bond donors (Lipinski definition) is 0. The molecule has 1 rings (SSSR count). The lowest BCUT2D eigenvalue weighted by molar-refractivity contribution is 0.0557. The molecule has 0 fully saturated rings. The maximum Gasteiger partial charge on any atom is 0.0721 e. The summed E-state index contributed by atoms with van der Waals surface area (Å²) >= 11 is 6.86. The summed E-state index contributed by atoms with van der Waals surface area (Å²) in [4.78, 5) is 0. The first kappa shape index (κ1) is 12.2. The molecule has 0 heterocycles. The first-order chi connectivity index (χ1) is 6.86. The molecule has 0 bridgehead atoms. The number of alkyl halides is 2. The van der Waals surface area contributed by atoms with E-state index in [0.717, 1.165) is 17.1 Å². The largest absolute Gasteiger partial charge is 0.373 e. The monoisotopic (exact) mass is 320 g/mol. The van der Waals surface area contributed by atoms with Crippen molar-refractivity contribution in [1.29, 1.82) is 0 Å². The summed E-state index contributed by atoms with van der Waals surface area (Å²) in [6, 6.07) is 10.3. The zero-order valence-corrected chi connectivity index (χ0v) is 11.1. The van der Waals surface area contributed by atoms with Gasteiger partial charge in [0.1, 0.15) is 0 Å². The molecule has 0 aromatic heterocycles. The lowest BCUT2D eigenvalue weighted by Gasteiger charge is -2.13. The highest BCUT2D eigenvalue weighted by atomic mass is 79.9. The third-order valence-electron chi connectivity index (χ3n) is 1.93. The first-order valence-electron chi connectivity index (χ1n) is 4.64. The highest BCUT2D eigenvalue weighted by molar-refractivity contribution is 9.09. The summed E-state index contributed by atoms with van der Waals surface area (Å²) in [5.41, 5.74) is 1.23. The highest BCUT2D eigenvalue weighted by Gasteiger charge is 2.05. The molecule has 0 N–H and O–H groups in total. The summed E-state index contributed by atoms with van der Waals surface area (Å²) in [7, 11) is 0. The van der Waals surface area contributed by atoms with Crippen molar-refractivity contribution in [3.63, 3.8) is 0 Å². The van der Waals surface area contributed by atoms with E-state index in [4.69, 9.17) is 4.74 Å². The van der Waals surface area contributed by atoms with Crippen LogP contribution in [0.15, 0.2) is 30.3 Å². The van der Waals surface area contributed by atoms with Gasteiger partial charge in [-0.25, -0.2) is 0 Å². The molecule has 1 atom stereocenters. The van der Waals surface area contributed by atoms with Gasteiger partial charge in [0, 0.05) is 10.7 Å². The lowest BCUT2D eigenvalue weighted by atomic mass is 10.2. The van der Waals surface area contributed by atoms with Crippen LogP contribution in [0.25, 0.3) is 0 Å². The van der Waals surface area contributed by atoms with Crippen LogP contribution in [0.5, 0.6) is 0 Å². The average molecular weight is 322 g/mol. The fourth-order valence-electron chi connectivity index (χ4n) is 1.12. The smallest absolute Gasteiger partial charge is 0.0721 e. The van der Waals surface area contributed by atoms with Gasteiger partial charge in [0.2, 0.25) is 0 Å². The molecule has 78 valence electrons. The molecule has 0 amide bonds. The predicted molar refractivity (Wildman–Crippen MR) is 67.2 cm³/mol. The van der Waals surface area contributed by atoms with E-state index in [2.05, 4.69) is 44.0 Å². The Morgan fingerprint density at radius 2 is 1.86 bits per heavy atom. The highest BCUT2D eigenvalue weighted by Crippen LogP contribution is 2.09. The van der Waals surface area contributed by atoms with E-state index in [9.17, 15) is 0 Å². The number of benzene rings is 1. The standard InChI is InChI=1S/C11H14Br2O/c12-7-6-11(8-13)14-9-10-4-2-1-3-5-10/h1-5,11H,6-9H2/t11-/m0/s1. The topological polar surface area (TPSA) is 9.23 Å². The summed E-state index contributed by atoms with van der Waals surface area (Å²) in [5, 5.41) is 1.88. The van der Waals surface area contributed by atoms with Gasteiger partial charge in [-0.05, 0) is 12.0 Å². The van der Waals surface area contributed by atoms with E-state index in [1.807, 2.05) is 18.2 Å². The Morgan fingerprint density at radius 3 is 2.43 bits per heavy atom. The molecule has 3 heteroatoms. The molecule has 0 aliphatic heterocycles. The minimum absolute atomic E-state index is 0.301. The van der Waals surface area contributed by atoms with Gasteiger partial charge in [-0.15, -0.1) is 0 Å². The van der Waals surface area contributed by atoms with Crippen LogP contribution in [0, 0.1) is 0 Å². The van der Waals surface area contributed by atoms with Crippen LogP contribution in [0.2, 0.25) is 0 Å². The van der Waals surface area contributed by atoms with Crippen molar-refractivity contribution in [3.8, 4) is 0 Å². The van der Waals surface area contributed by atoms with E-state index < -0.39 is 0 Å². The number of rotatable bonds is 6. The van der Waals surface area contributed by atoms with Gasteiger partial charge >= 0.3 is 0 Å². The van der Waals surface area contributed by atoms with Gasteiger partial charge in [0.15, 0.2) is 0 Å². The minimum Gasteiger partial charge on any atom is -0.373 e. The zero-order valence-electron chi connectivity index (χ0n) is 7.96. The van der Waals surface area contributed by atoms with Gasteiger partial charge in [0.05, 0.1) is 12.7 Å². The third kappa shape index (κ3) is 4.58. The maximum atomic E-state index is 5.74. The van der Waals surface area contributed by atoms with E-state index in [-0.39, 0.29) is 0 Å². The van der Waals surface area contributed by atoms with E-state index >= 15 is 0 Å². The van der Waals surface area contributed by atoms with Gasteiger partial charge in [-0.2, -0.15) is 0 Å². The Bertz CT molecular complexity index is 238. The van der Waals surface area contributed by atoms with Crippen molar-refractivity contribution in [2.45, 2.75) is 19.1 Å². The third-order valence-corrected chi connectivity index (χ3v) is 3.11. The Balaban J connectivity index is 2.32. The van der Waals surface area contributed by atoms with Crippen LogP contribution >= 0.6 is 31.9 Å². The van der Waals surface area contributed by atoms with Crippen molar-refractivity contribution in [3.05, 3.63) is 35.9 Å². The van der Waals surface area contributed by atoms with Crippen LogP contribution < -0.4 is 0 Å². The van der Waals surface area contributed by atoms with Crippen LogP contribution in [0.1, 0.15) is 12.0 Å². The van der Waals surface area contributed by atoms with E-state index in [1.54, 1.807) is 0 Å². The second-order valence-electron chi connectivity index (χ2n) is 3.05. The number of halogens is 2. The molecule has 1 aromatic carbocycles. The molecule has 0 saturated carbocycles. The Kier molecular flexibility index (Phi) is 6.48. The van der Waals surface area contributed by atoms with Crippen LogP contribution in [-0.4, -0.2) is 16.8 Å². The first-order valence-corrected chi connectivity index (χ1v) is 6.88. The summed E-state index contributed by atoms with van der Waals surface area (Å²) in [6.07, 6.45) is 1.34. The number of hydrogen-bond acceptors (Lipinski definition) is 1. The summed E-state index contributed by atoms with van der Waals surface area (Å²) in [6.45, 7) is 0.699. The van der Waals surface area contributed by atoms with Crippen molar-refractivity contribution in [1.82, 2.24) is 0 Å². The van der Waals surface area contributed by atoms with Gasteiger partial charge < -0.3 is 4.74 Å². The Morgan fingerprint density at radius 1 is 1.14 bits per heavy atom. The van der Waals surface area contributed by atoms with Crippen LogP contribution in [0.3, 0.4) is 0 Å². The maximum absolute atomic E-state index is 5.74. The quantitative estimate of drug-likeness (QED) is 0.725. The van der Waals surface area contributed by atoms with Crippen molar-refractivity contribution < 1.29 is 4.74 Å². The molecule has 1 aromatic rings. The molecule has 0 radical (unpaired) electrons. The van der Waals surface area contributed by atoms with Crippen molar-refractivity contribution >= 4 is 31.9 Å². The fourth-order valence-corrected chi connectivity index (χ4v) is 2.14. The Hall–Kier alpha value is 0.140. The van der Waals surface area contributed by atoms with Gasteiger partial charge in [-0.1, -0.05) is 62.2 Å². The lowest BCUT2D eigenvalue weighted by Crippen LogP contribution is -2.14. The van der Waals surface area contributed by atoms with Crippen LogP contribution in [-0.2, 0) is 11.3 Å². The zero-order chi connectivity index (χ0) is 10.2. The van der Waals surface area contributed by atoms with E-state index in [1.165, 1.54) is 5.56 Å². The van der Waals surface area contributed by atoms with E-state index in [0.29, 0.717) is 12.7 Å². The fraction of sp³-hybridized carbons (Fsp3) is 0.455. The minimum atomic E-state index is 0.301. The predicted octanol–water partition coefficient (Wildman–Crippen LogP) is 3.75. The molecule has 0 spiro atoms. The van der Waals surface area contributed by atoms with Crippen molar-refractivity contribution in [2.75, 3.05) is 10.7 Å². The SMILES string of the molecule is BrCC[C@@H](CBr)OCc1ccccc1. The number of ether oxygens (including phenoxy) is 1. The molecule has 14 heavy (non-hydrogen) atoms. The molecule has 0 saturated heterocycles.